The molecule has 1 saturated heterocycles. The predicted molar refractivity (Wildman–Crippen MR) is 119 cm³/mol. The van der Waals surface area contributed by atoms with Gasteiger partial charge in [-0.25, -0.2) is 12.8 Å². The van der Waals surface area contributed by atoms with Crippen molar-refractivity contribution in [1.82, 2.24) is 9.21 Å². The van der Waals surface area contributed by atoms with Gasteiger partial charge in [0.05, 0.1) is 6.26 Å². The van der Waals surface area contributed by atoms with E-state index in [1.807, 2.05) is 4.90 Å². The Morgan fingerprint density at radius 3 is 1.89 bits per heavy atom. The molecule has 36 heavy (non-hydrogen) atoms. The quantitative estimate of drug-likeness (QED) is 0.549. The number of alkyl halides is 6. The van der Waals surface area contributed by atoms with Gasteiger partial charge in [-0.15, -0.1) is 0 Å². The van der Waals surface area contributed by atoms with Crippen LogP contribution in [0.5, 0.6) is 0 Å². The summed E-state index contributed by atoms with van der Waals surface area (Å²) in [7, 11) is -3.30. The lowest BCUT2D eigenvalue weighted by Gasteiger charge is -2.33. The molecule has 200 valence electrons. The van der Waals surface area contributed by atoms with Crippen LogP contribution in [0.1, 0.15) is 23.6 Å². The fourth-order valence-corrected chi connectivity index (χ4v) is 5.09. The van der Waals surface area contributed by atoms with Crippen LogP contribution in [-0.2, 0) is 28.6 Å². The molecule has 1 aliphatic rings. The Morgan fingerprint density at radius 2 is 1.44 bits per heavy atom. The van der Waals surface area contributed by atoms with E-state index in [-0.39, 0.29) is 11.1 Å². The minimum atomic E-state index is -6.01. The van der Waals surface area contributed by atoms with Crippen LogP contribution in [0, 0.1) is 5.82 Å². The summed E-state index contributed by atoms with van der Waals surface area (Å²) < 4.78 is 119. The summed E-state index contributed by atoms with van der Waals surface area (Å²) in [5.74, 6) is -0.700. The number of hydrogen-bond acceptors (Lipinski definition) is 4. The third-order valence-corrected chi connectivity index (χ3v) is 7.53. The molecule has 0 bridgehead atoms. The first-order chi connectivity index (χ1) is 16.5. The Labute approximate surface area is 204 Å². The van der Waals surface area contributed by atoms with E-state index in [9.17, 15) is 39.9 Å². The standard InChI is InChI=1S/C23H25F7N2O3S/c1-3-16-12-15(14-31-8-10-32(11-9-31)36(2,34)35)13-19(24)20(16)17-4-6-18(7-5-17)21(33,22(25,26)27)23(28,29)30/h4-7,12-13,33H,3,8-11,14H2,1-2H3. The number of nitrogens with zero attached hydrogens (tertiary/aromatic N) is 2. The smallest absolute Gasteiger partial charge is 0.369 e. The third kappa shape index (κ3) is 5.53. The largest absolute Gasteiger partial charge is 0.430 e. The molecule has 0 amide bonds. The SMILES string of the molecule is CCc1cc(CN2CCN(S(C)(=O)=O)CC2)cc(F)c1-c1ccc(C(O)(C(F)(F)F)C(F)(F)F)cc1. The maximum absolute atomic E-state index is 15.2. The van der Waals surface area contributed by atoms with Crippen molar-refractivity contribution in [2.24, 2.45) is 0 Å². The summed E-state index contributed by atoms with van der Waals surface area (Å²) in [6, 6.07) is 5.76. The fourth-order valence-electron chi connectivity index (χ4n) is 4.26. The van der Waals surface area contributed by atoms with E-state index in [1.165, 1.54) is 10.4 Å². The van der Waals surface area contributed by atoms with E-state index in [1.54, 1.807) is 13.0 Å². The van der Waals surface area contributed by atoms with Crippen molar-refractivity contribution in [2.45, 2.75) is 37.8 Å². The molecule has 1 heterocycles. The van der Waals surface area contributed by atoms with Crippen molar-refractivity contribution in [2.75, 3.05) is 32.4 Å². The van der Waals surface area contributed by atoms with E-state index in [4.69, 9.17) is 0 Å². The summed E-state index contributed by atoms with van der Waals surface area (Å²) in [5, 5.41) is 9.56. The van der Waals surface area contributed by atoms with Gasteiger partial charge in [0.15, 0.2) is 0 Å². The number of aryl methyl sites for hydroxylation is 1. The van der Waals surface area contributed by atoms with Crippen LogP contribution < -0.4 is 0 Å². The zero-order valence-corrected chi connectivity index (χ0v) is 20.2. The molecule has 1 aliphatic heterocycles. The molecular formula is C23H25F7N2O3S. The Bertz CT molecular complexity index is 1170. The highest BCUT2D eigenvalue weighted by Crippen LogP contribution is 2.50. The van der Waals surface area contributed by atoms with E-state index in [0.29, 0.717) is 62.4 Å². The van der Waals surface area contributed by atoms with E-state index in [2.05, 4.69) is 0 Å². The zero-order valence-electron chi connectivity index (χ0n) is 19.4. The molecule has 1 N–H and O–H groups in total. The molecule has 0 aromatic heterocycles. The molecule has 3 rings (SSSR count). The summed E-state index contributed by atoms with van der Waals surface area (Å²) in [5.41, 5.74) is -5.29. The number of sulfonamides is 1. The van der Waals surface area contributed by atoms with Gasteiger partial charge in [-0.1, -0.05) is 37.3 Å². The Morgan fingerprint density at radius 1 is 0.917 bits per heavy atom. The lowest BCUT2D eigenvalue weighted by Crippen LogP contribution is -2.53. The van der Waals surface area contributed by atoms with Gasteiger partial charge in [0.25, 0.3) is 5.60 Å². The molecule has 2 aromatic carbocycles. The molecule has 1 fully saturated rings. The predicted octanol–water partition coefficient (Wildman–Crippen LogP) is 4.44. The topological polar surface area (TPSA) is 60.9 Å². The highest BCUT2D eigenvalue weighted by atomic mass is 32.2. The molecule has 2 aromatic rings. The minimum absolute atomic E-state index is 0.0391. The minimum Gasteiger partial charge on any atom is -0.369 e. The van der Waals surface area contributed by atoms with Crippen molar-refractivity contribution in [3.63, 3.8) is 0 Å². The van der Waals surface area contributed by atoms with Crippen molar-refractivity contribution >= 4 is 10.0 Å². The molecule has 0 unspecified atom stereocenters. The average molecular weight is 543 g/mol. The molecule has 13 heteroatoms. The summed E-state index contributed by atoms with van der Waals surface area (Å²) in [4.78, 5) is 1.96. The third-order valence-electron chi connectivity index (χ3n) is 6.23. The monoisotopic (exact) mass is 542 g/mol. The first-order valence-electron chi connectivity index (χ1n) is 10.9. The first-order valence-corrected chi connectivity index (χ1v) is 12.8. The van der Waals surface area contributed by atoms with Crippen LogP contribution >= 0.6 is 0 Å². The molecular weight excluding hydrogens is 517 g/mol. The first kappa shape index (κ1) is 28.4. The molecule has 0 radical (unpaired) electrons. The van der Waals surface area contributed by atoms with Gasteiger partial charge in [-0.3, -0.25) is 4.90 Å². The average Bonchev–Trinajstić information content (AvgIpc) is 2.76. The van der Waals surface area contributed by atoms with Gasteiger partial charge in [-0.05, 0) is 29.2 Å². The van der Waals surface area contributed by atoms with Gasteiger partial charge in [0.1, 0.15) is 5.82 Å². The van der Waals surface area contributed by atoms with E-state index >= 15 is 4.39 Å². The molecule has 5 nitrogen and oxygen atoms in total. The fraction of sp³-hybridized carbons (Fsp3) is 0.478. The molecule has 0 atom stereocenters. The second kappa shape index (κ2) is 9.92. The van der Waals surface area contributed by atoms with Crippen LogP contribution in [0.4, 0.5) is 30.7 Å². The van der Waals surface area contributed by atoms with Gasteiger partial charge in [0.2, 0.25) is 10.0 Å². The highest BCUT2D eigenvalue weighted by molar-refractivity contribution is 7.88. The lowest BCUT2D eigenvalue weighted by atomic mass is 9.89. The number of rotatable bonds is 6. The Kier molecular flexibility index (Phi) is 7.81. The van der Waals surface area contributed by atoms with Gasteiger partial charge in [-0.2, -0.15) is 30.6 Å². The summed E-state index contributed by atoms with van der Waals surface area (Å²) in [6.45, 7) is 3.56. The summed E-state index contributed by atoms with van der Waals surface area (Å²) >= 11 is 0. The Balaban J connectivity index is 1.87. The van der Waals surface area contributed by atoms with Crippen molar-refractivity contribution in [3.8, 4) is 11.1 Å². The number of halogens is 7. The Hall–Kier alpha value is -2.22. The van der Waals surface area contributed by atoms with Crippen LogP contribution in [0.3, 0.4) is 0 Å². The van der Waals surface area contributed by atoms with Gasteiger partial charge < -0.3 is 5.11 Å². The maximum Gasteiger partial charge on any atom is 0.430 e. The summed E-state index contributed by atoms with van der Waals surface area (Å²) in [6.07, 6.45) is -10.6. The van der Waals surface area contributed by atoms with Gasteiger partial charge >= 0.3 is 12.4 Å². The number of benzene rings is 2. The molecule has 0 saturated carbocycles. The van der Waals surface area contributed by atoms with Crippen LogP contribution in [0.15, 0.2) is 36.4 Å². The van der Waals surface area contributed by atoms with Crippen LogP contribution in [0.2, 0.25) is 0 Å². The molecule has 0 aliphatic carbocycles. The normalized spacial score (nSPS) is 16.9. The lowest BCUT2D eigenvalue weighted by molar-refractivity contribution is -0.376. The van der Waals surface area contributed by atoms with E-state index in [0.717, 1.165) is 18.4 Å². The van der Waals surface area contributed by atoms with Crippen LogP contribution in [0.25, 0.3) is 11.1 Å². The van der Waals surface area contributed by atoms with Crippen molar-refractivity contribution in [1.29, 1.82) is 0 Å². The molecule has 0 spiro atoms. The van der Waals surface area contributed by atoms with Crippen molar-refractivity contribution in [3.05, 3.63) is 58.9 Å². The highest BCUT2D eigenvalue weighted by Gasteiger charge is 2.71. The number of aliphatic hydroxyl groups is 1. The van der Waals surface area contributed by atoms with Gasteiger partial charge in [0, 0.05) is 43.9 Å². The second-order valence-corrected chi connectivity index (χ2v) is 10.7. The van der Waals surface area contributed by atoms with Crippen molar-refractivity contribution < 1.29 is 44.3 Å². The zero-order chi connectivity index (χ0) is 27.1. The number of piperazine rings is 1. The van der Waals surface area contributed by atoms with Crippen LogP contribution in [-0.4, -0.2) is 67.5 Å². The maximum atomic E-state index is 15.2. The van der Waals surface area contributed by atoms with E-state index < -0.39 is 39.4 Å². The number of hydrogen-bond donors (Lipinski definition) is 1. The second-order valence-electron chi connectivity index (χ2n) is 8.69.